The second kappa shape index (κ2) is 6.06. The van der Waals surface area contributed by atoms with Gasteiger partial charge < -0.3 is 5.32 Å². The van der Waals surface area contributed by atoms with E-state index in [4.69, 9.17) is 5.26 Å². The van der Waals surface area contributed by atoms with Crippen LogP contribution in [0.2, 0.25) is 0 Å². The zero-order valence-corrected chi connectivity index (χ0v) is 10.2. The zero-order valence-electron chi connectivity index (χ0n) is 10.2. The van der Waals surface area contributed by atoms with Gasteiger partial charge in [0.25, 0.3) is 0 Å². The fourth-order valence-corrected chi connectivity index (χ4v) is 1.69. The number of para-hydroxylation sites is 1. The third-order valence-corrected chi connectivity index (χ3v) is 2.68. The third-order valence-electron chi connectivity index (χ3n) is 2.68. The summed E-state index contributed by atoms with van der Waals surface area (Å²) in [5, 5.41) is 11.0. The van der Waals surface area contributed by atoms with Crippen molar-refractivity contribution in [3.05, 3.63) is 65.0 Å². The van der Waals surface area contributed by atoms with Crippen LogP contribution in [-0.4, -0.2) is 5.26 Å². The molecule has 2 rings (SSSR count). The molecule has 0 fully saturated rings. The molecule has 0 aliphatic rings. The van der Waals surface area contributed by atoms with Gasteiger partial charge in [0.2, 0.25) is 5.82 Å². The SMILES string of the molecule is OOC(Nc1ccccc1)c1c(F)c(F)c(F)c(F)c1F. The van der Waals surface area contributed by atoms with E-state index in [2.05, 4.69) is 10.2 Å². The van der Waals surface area contributed by atoms with Crippen molar-refractivity contribution in [3.8, 4) is 0 Å². The molecule has 0 spiro atoms. The van der Waals surface area contributed by atoms with E-state index in [0.717, 1.165) is 0 Å². The minimum Gasteiger partial charge on any atom is -0.354 e. The molecule has 0 amide bonds. The largest absolute Gasteiger partial charge is 0.354 e. The van der Waals surface area contributed by atoms with Gasteiger partial charge in [0.15, 0.2) is 29.5 Å². The maximum atomic E-state index is 13.6. The standard InChI is InChI=1S/C13H8F5NO2/c14-8-7(9(15)11(17)12(18)10(8)16)13(21-20)19-6-4-2-1-3-5-6/h1-5,13,19-20H. The van der Waals surface area contributed by atoms with Crippen molar-refractivity contribution in [2.75, 3.05) is 5.32 Å². The molecule has 0 aromatic heterocycles. The van der Waals surface area contributed by atoms with Gasteiger partial charge in [0.05, 0.1) is 5.56 Å². The molecule has 1 unspecified atom stereocenters. The minimum absolute atomic E-state index is 0.237. The zero-order chi connectivity index (χ0) is 15.6. The number of hydrogen-bond acceptors (Lipinski definition) is 3. The molecule has 0 radical (unpaired) electrons. The normalized spacial score (nSPS) is 12.3. The molecule has 0 aliphatic heterocycles. The highest BCUT2D eigenvalue weighted by atomic mass is 19.2. The molecular weight excluding hydrogens is 297 g/mol. The second-order valence-corrected chi connectivity index (χ2v) is 3.98. The van der Waals surface area contributed by atoms with E-state index in [0.29, 0.717) is 0 Å². The maximum absolute atomic E-state index is 13.6. The van der Waals surface area contributed by atoms with Crippen molar-refractivity contribution in [1.29, 1.82) is 0 Å². The maximum Gasteiger partial charge on any atom is 0.200 e. The van der Waals surface area contributed by atoms with Crippen LogP contribution < -0.4 is 5.32 Å². The van der Waals surface area contributed by atoms with Crippen molar-refractivity contribution in [2.45, 2.75) is 6.23 Å². The van der Waals surface area contributed by atoms with Crippen LogP contribution in [0, 0.1) is 29.1 Å². The number of benzene rings is 2. The molecule has 8 heteroatoms. The quantitative estimate of drug-likeness (QED) is 0.224. The first-order chi connectivity index (χ1) is 9.97. The Bertz CT molecular complexity index is 622. The minimum atomic E-state index is -2.29. The van der Waals surface area contributed by atoms with E-state index in [9.17, 15) is 22.0 Å². The molecule has 2 aromatic carbocycles. The lowest BCUT2D eigenvalue weighted by atomic mass is 10.1. The number of hydrogen-bond donors (Lipinski definition) is 2. The van der Waals surface area contributed by atoms with Gasteiger partial charge in [-0.15, -0.1) is 0 Å². The summed E-state index contributed by atoms with van der Waals surface area (Å²) >= 11 is 0. The fourth-order valence-electron chi connectivity index (χ4n) is 1.69. The second-order valence-electron chi connectivity index (χ2n) is 3.98. The summed E-state index contributed by atoms with van der Waals surface area (Å²) in [7, 11) is 0. The lowest BCUT2D eigenvalue weighted by Gasteiger charge is -2.18. The van der Waals surface area contributed by atoms with Crippen LogP contribution in [0.25, 0.3) is 0 Å². The molecule has 0 heterocycles. The molecule has 0 saturated carbocycles. The Morgan fingerprint density at radius 2 is 1.29 bits per heavy atom. The Morgan fingerprint density at radius 3 is 1.76 bits per heavy atom. The first-order valence-corrected chi connectivity index (χ1v) is 5.60. The van der Waals surface area contributed by atoms with Gasteiger partial charge in [0, 0.05) is 5.69 Å². The Balaban J connectivity index is 2.48. The molecule has 0 bridgehead atoms. The van der Waals surface area contributed by atoms with Gasteiger partial charge in [0.1, 0.15) is 0 Å². The first kappa shape index (κ1) is 15.2. The molecule has 3 nitrogen and oxygen atoms in total. The monoisotopic (exact) mass is 305 g/mol. The lowest BCUT2D eigenvalue weighted by Crippen LogP contribution is -2.19. The Hall–Kier alpha value is -2.19. The van der Waals surface area contributed by atoms with Crippen LogP contribution in [0.4, 0.5) is 27.6 Å². The van der Waals surface area contributed by atoms with Gasteiger partial charge in [-0.05, 0) is 12.1 Å². The van der Waals surface area contributed by atoms with E-state index in [1.54, 1.807) is 18.2 Å². The van der Waals surface area contributed by atoms with E-state index >= 15 is 0 Å². The summed E-state index contributed by atoms with van der Waals surface area (Å²) in [6.07, 6.45) is -1.98. The Morgan fingerprint density at radius 1 is 0.810 bits per heavy atom. The summed E-state index contributed by atoms with van der Waals surface area (Å²) in [5.41, 5.74) is -1.08. The van der Waals surface area contributed by atoms with E-state index in [1.807, 2.05) is 0 Å². The van der Waals surface area contributed by atoms with E-state index in [1.165, 1.54) is 12.1 Å². The fraction of sp³-hybridized carbons (Fsp3) is 0.0769. The summed E-state index contributed by atoms with van der Waals surface area (Å²) in [6, 6.07) is 7.62. The molecular formula is C13H8F5NO2. The Labute approximate surface area is 115 Å². The van der Waals surface area contributed by atoms with Crippen LogP contribution in [0.3, 0.4) is 0 Å². The predicted molar refractivity (Wildman–Crippen MR) is 62.8 cm³/mol. The molecule has 2 aromatic rings. The molecule has 1 atom stereocenters. The average molecular weight is 305 g/mol. The Kier molecular flexibility index (Phi) is 4.39. The molecule has 0 saturated heterocycles. The first-order valence-electron chi connectivity index (χ1n) is 5.60. The predicted octanol–water partition coefficient (Wildman–Crippen LogP) is 3.98. The van der Waals surface area contributed by atoms with Crippen LogP contribution in [0.1, 0.15) is 11.8 Å². The van der Waals surface area contributed by atoms with Crippen LogP contribution >= 0.6 is 0 Å². The van der Waals surface area contributed by atoms with Crippen molar-refractivity contribution >= 4 is 5.69 Å². The molecule has 21 heavy (non-hydrogen) atoms. The summed E-state index contributed by atoms with van der Waals surface area (Å²) < 4.78 is 66.3. The van der Waals surface area contributed by atoms with Crippen molar-refractivity contribution in [1.82, 2.24) is 0 Å². The molecule has 112 valence electrons. The van der Waals surface area contributed by atoms with Gasteiger partial charge in [-0.25, -0.2) is 32.1 Å². The van der Waals surface area contributed by atoms with Crippen LogP contribution in [0.15, 0.2) is 30.3 Å². The van der Waals surface area contributed by atoms with Crippen molar-refractivity contribution in [3.63, 3.8) is 0 Å². The number of rotatable bonds is 4. The molecule has 2 N–H and O–H groups in total. The highest BCUT2D eigenvalue weighted by molar-refractivity contribution is 5.45. The van der Waals surface area contributed by atoms with Gasteiger partial charge in [-0.3, -0.25) is 0 Å². The highest BCUT2D eigenvalue weighted by Gasteiger charge is 2.31. The van der Waals surface area contributed by atoms with E-state index in [-0.39, 0.29) is 5.69 Å². The van der Waals surface area contributed by atoms with Crippen molar-refractivity contribution in [2.24, 2.45) is 0 Å². The summed E-state index contributed by atoms with van der Waals surface area (Å²) in [5.74, 6) is -10.7. The number of anilines is 1. The van der Waals surface area contributed by atoms with Gasteiger partial charge >= 0.3 is 0 Å². The van der Waals surface area contributed by atoms with Crippen LogP contribution in [0.5, 0.6) is 0 Å². The number of halogens is 5. The van der Waals surface area contributed by atoms with Gasteiger partial charge in [-0.2, -0.15) is 0 Å². The lowest BCUT2D eigenvalue weighted by molar-refractivity contribution is -0.275. The summed E-state index contributed by atoms with van der Waals surface area (Å²) in [6.45, 7) is 0. The van der Waals surface area contributed by atoms with Crippen LogP contribution in [-0.2, 0) is 4.89 Å². The highest BCUT2D eigenvalue weighted by Crippen LogP contribution is 2.30. The number of nitrogens with one attached hydrogen (secondary N) is 1. The third kappa shape index (κ3) is 2.81. The van der Waals surface area contributed by atoms with E-state index < -0.39 is 40.9 Å². The molecule has 0 aliphatic carbocycles. The summed E-state index contributed by atoms with van der Waals surface area (Å²) in [4.78, 5) is 3.80. The van der Waals surface area contributed by atoms with Crippen molar-refractivity contribution < 1.29 is 32.1 Å². The topological polar surface area (TPSA) is 41.5 Å². The average Bonchev–Trinajstić information content (AvgIpc) is 2.51. The smallest absolute Gasteiger partial charge is 0.200 e. The van der Waals surface area contributed by atoms with Gasteiger partial charge in [-0.1, -0.05) is 18.2 Å².